The topological polar surface area (TPSA) is 130 Å². The molecule has 0 fully saturated rings. The smallest absolute Gasteiger partial charge is 0.220 e. The van der Waals surface area contributed by atoms with E-state index in [1.165, 1.54) is 0 Å². The van der Waals surface area contributed by atoms with Gasteiger partial charge in [0, 0.05) is 37.3 Å². The van der Waals surface area contributed by atoms with Crippen molar-refractivity contribution >= 4 is 11.7 Å². The maximum Gasteiger partial charge on any atom is 0.220 e. The molecule has 0 aromatic heterocycles. The highest BCUT2D eigenvalue weighted by Gasteiger charge is 2.05. The molecule has 0 saturated heterocycles. The molecule has 0 aliphatic carbocycles. The van der Waals surface area contributed by atoms with Crippen molar-refractivity contribution in [2.75, 3.05) is 19.7 Å². The molecule has 0 radical (unpaired) electrons. The number of carbonyl (C=O) groups excluding carboxylic acids is 2. The number of ketones is 1. The van der Waals surface area contributed by atoms with Gasteiger partial charge in [0.25, 0.3) is 0 Å². The van der Waals surface area contributed by atoms with Gasteiger partial charge in [0.15, 0.2) is 0 Å². The van der Waals surface area contributed by atoms with Crippen molar-refractivity contribution in [2.24, 2.45) is 11.0 Å². The van der Waals surface area contributed by atoms with Gasteiger partial charge in [-0.3, -0.25) is 9.59 Å². The first-order valence-electron chi connectivity index (χ1n) is 5.31. The van der Waals surface area contributed by atoms with E-state index in [0.29, 0.717) is 19.6 Å². The quantitative estimate of drug-likeness (QED) is 0.189. The zero-order valence-corrected chi connectivity index (χ0v) is 9.59. The first-order valence-corrected chi connectivity index (χ1v) is 5.31. The van der Waals surface area contributed by atoms with Crippen LogP contribution in [0.5, 0.6) is 0 Å². The van der Waals surface area contributed by atoms with E-state index < -0.39 is 0 Å². The summed E-state index contributed by atoms with van der Waals surface area (Å²) in [5.74, 6) is 4.54. The second kappa shape index (κ2) is 10.9. The normalized spacial score (nSPS) is 9.47. The Morgan fingerprint density at radius 3 is 2.76 bits per heavy atom. The van der Waals surface area contributed by atoms with E-state index in [9.17, 15) is 9.59 Å². The monoisotopic (exact) mass is 243 g/mol. The maximum absolute atomic E-state index is 11.2. The first kappa shape index (κ1) is 15.4. The summed E-state index contributed by atoms with van der Waals surface area (Å²) in [5, 5.41) is 5.87. The highest BCUT2D eigenvalue weighted by molar-refractivity contribution is 5.84. The van der Waals surface area contributed by atoms with Gasteiger partial charge in [0.1, 0.15) is 5.78 Å². The number of amides is 1. The zero-order chi connectivity index (χ0) is 12.9. The molecule has 0 saturated carbocycles. The lowest BCUT2D eigenvalue weighted by molar-refractivity contribution is -0.125. The maximum atomic E-state index is 11.2. The van der Waals surface area contributed by atoms with Gasteiger partial charge in [-0.05, 0) is 12.0 Å². The molecular weight excluding hydrogens is 226 g/mol. The largest absolute Gasteiger partial charge is 0.356 e. The minimum atomic E-state index is -0.181. The number of hydrogen-bond acceptors (Lipinski definition) is 5. The third-order valence-corrected chi connectivity index (χ3v) is 1.95. The molecule has 96 valence electrons. The number of rotatable bonds is 10. The predicted molar refractivity (Wildman–Crippen MR) is 60.6 cm³/mol. The van der Waals surface area contributed by atoms with Crippen molar-refractivity contribution in [2.45, 2.75) is 25.7 Å². The van der Waals surface area contributed by atoms with Gasteiger partial charge in [0.2, 0.25) is 5.91 Å². The molecule has 3 N–H and O–H groups in total. The third kappa shape index (κ3) is 10.6. The fourth-order valence-corrected chi connectivity index (χ4v) is 1.07. The Kier molecular flexibility index (Phi) is 9.83. The molecule has 0 aliphatic heterocycles. The lowest BCUT2D eigenvalue weighted by atomic mass is 10.1. The first-order chi connectivity index (χ1) is 8.20. The summed E-state index contributed by atoms with van der Waals surface area (Å²) >= 11 is 0. The minimum Gasteiger partial charge on any atom is -0.356 e. The third-order valence-electron chi connectivity index (χ3n) is 1.95. The average molecular weight is 243 g/mol. The van der Waals surface area contributed by atoms with Gasteiger partial charge < -0.3 is 10.2 Å². The molecular formula is C9H17N5O3. The molecule has 0 heterocycles. The highest BCUT2D eigenvalue weighted by atomic mass is 16.6. The van der Waals surface area contributed by atoms with Crippen LogP contribution in [0.3, 0.4) is 0 Å². The molecule has 0 atom stereocenters. The zero-order valence-electron chi connectivity index (χ0n) is 9.59. The lowest BCUT2D eigenvalue weighted by Crippen LogP contribution is -2.26. The Morgan fingerprint density at radius 2 is 2.12 bits per heavy atom. The van der Waals surface area contributed by atoms with Gasteiger partial charge >= 0.3 is 0 Å². The van der Waals surface area contributed by atoms with Gasteiger partial charge in [-0.1, -0.05) is 5.11 Å². The van der Waals surface area contributed by atoms with Crippen LogP contribution in [0.1, 0.15) is 25.7 Å². The SMILES string of the molecule is [N-]=[N+]=NCCC(=O)CCC(=O)NCCCON. The Balaban J connectivity index is 3.48. The van der Waals surface area contributed by atoms with Crippen LogP contribution >= 0.6 is 0 Å². The molecule has 17 heavy (non-hydrogen) atoms. The van der Waals surface area contributed by atoms with E-state index in [-0.39, 0.29) is 37.5 Å². The summed E-state index contributed by atoms with van der Waals surface area (Å²) in [4.78, 5) is 29.3. The van der Waals surface area contributed by atoms with Crippen molar-refractivity contribution < 1.29 is 14.4 Å². The summed E-state index contributed by atoms with van der Waals surface area (Å²) in [6, 6.07) is 0. The fourth-order valence-electron chi connectivity index (χ4n) is 1.07. The van der Waals surface area contributed by atoms with Crippen LogP contribution in [0.25, 0.3) is 10.4 Å². The fraction of sp³-hybridized carbons (Fsp3) is 0.778. The van der Waals surface area contributed by atoms with Crippen LogP contribution in [-0.2, 0) is 14.4 Å². The van der Waals surface area contributed by atoms with Gasteiger partial charge in [0.05, 0.1) is 6.61 Å². The number of carbonyl (C=O) groups is 2. The summed E-state index contributed by atoms with van der Waals surface area (Å²) in [5.41, 5.74) is 8.00. The van der Waals surface area contributed by atoms with E-state index in [0.717, 1.165) is 0 Å². The van der Waals surface area contributed by atoms with E-state index in [1.807, 2.05) is 0 Å². The van der Waals surface area contributed by atoms with Crippen LogP contribution < -0.4 is 11.2 Å². The Bertz CT molecular complexity index is 288. The number of Topliss-reactive ketones (excluding diaryl/α,β-unsaturated/α-hetero) is 1. The van der Waals surface area contributed by atoms with E-state index in [2.05, 4.69) is 20.2 Å². The second-order valence-corrected chi connectivity index (χ2v) is 3.32. The average Bonchev–Trinajstić information content (AvgIpc) is 2.32. The Labute approximate surface area is 99.1 Å². The molecule has 0 spiro atoms. The van der Waals surface area contributed by atoms with E-state index >= 15 is 0 Å². The van der Waals surface area contributed by atoms with Gasteiger partial charge in [-0.2, -0.15) is 0 Å². The standard InChI is InChI=1S/C9H17N5O3/c10-14-13-6-4-8(15)2-3-9(16)12-5-1-7-17-11/h1-7,11H2,(H,12,16). The summed E-state index contributed by atoms with van der Waals surface area (Å²) < 4.78 is 0. The highest BCUT2D eigenvalue weighted by Crippen LogP contribution is 1.96. The molecule has 1 amide bonds. The van der Waals surface area contributed by atoms with Crippen molar-refractivity contribution in [3.05, 3.63) is 10.4 Å². The molecule has 0 aliphatic rings. The van der Waals surface area contributed by atoms with Crippen LogP contribution in [0.2, 0.25) is 0 Å². The van der Waals surface area contributed by atoms with Crippen molar-refractivity contribution in [1.29, 1.82) is 0 Å². The number of azide groups is 1. The number of nitrogens with two attached hydrogens (primary N) is 1. The number of hydrogen-bond donors (Lipinski definition) is 2. The lowest BCUT2D eigenvalue weighted by Gasteiger charge is -2.03. The van der Waals surface area contributed by atoms with Gasteiger partial charge in [-0.15, -0.1) is 0 Å². The number of nitrogens with one attached hydrogen (secondary N) is 1. The van der Waals surface area contributed by atoms with Crippen molar-refractivity contribution in [1.82, 2.24) is 5.32 Å². The van der Waals surface area contributed by atoms with Crippen LogP contribution in [-0.4, -0.2) is 31.4 Å². The molecule has 8 heteroatoms. The van der Waals surface area contributed by atoms with E-state index in [4.69, 9.17) is 11.4 Å². The van der Waals surface area contributed by atoms with Crippen LogP contribution in [0.4, 0.5) is 0 Å². The van der Waals surface area contributed by atoms with Gasteiger partial charge in [-0.25, -0.2) is 5.90 Å². The predicted octanol–water partition coefficient (Wildman–Crippen LogP) is 0.433. The summed E-state index contributed by atoms with van der Waals surface area (Å²) in [6.45, 7) is 0.999. The van der Waals surface area contributed by atoms with E-state index in [1.54, 1.807) is 0 Å². The summed E-state index contributed by atoms with van der Waals surface area (Å²) in [7, 11) is 0. The Morgan fingerprint density at radius 1 is 1.35 bits per heavy atom. The molecule has 0 aromatic rings. The molecule has 8 nitrogen and oxygen atoms in total. The molecule has 0 bridgehead atoms. The number of nitrogens with zero attached hydrogens (tertiary/aromatic N) is 3. The minimum absolute atomic E-state index is 0.0853. The second-order valence-electron chi connectivity index (χ2n) is 3.32. The van der Waals surface area contributed by atoms with Crippen LogP contribution in [0, 0.1) is 0 Å². The Hall–Kier alpha value is -1.63. The molecule has 0 aromatic carbocycles. The van der Waals surface area contributed by atoms with Crippen molar-refractivity contribution in [3.8, 4) is 0 Å². The molecule has 0 rings (SSSR count). The van der Waals surface area contributed by atoms with Crippen molar-refractivity contribution in [3.63, 3.8) is 0 Å². The van der Waals surface area contributed by atoms with Crippen LogP contribution in [0.15, 0.2) is 5.11 Å². The molecule has 0 unspecified atom stereocenters. The summed E-state index contributed by atoms with van der Waals surface area (Å²) in [6.07, 6.45) is 1.13.